The van der Waals surface area contributed by atoms with Crippen LogP contribution in [0.25, 0.3) is 0 Å². The number of carbonyl (C=O) groups is 1. The summed E-state index contributed by atoms with van der Waals surface area (Å²) in [4.78, 5) is 21.4. The topological polar surface area (TPSA) is 78.7 Å². The summed E-state index contributed by atoms with van der Waals surface area (Å²) in [6.45, 7) is -0.0983. The van der Waals surface area contributed by atoms with Gasteiger partial charge in [-0.25, -0.2) is 4.79 Å². The fraction of sp³-hybridized carbons (Fsp3) is 0.133. The van der Waals surface area contributed by atoms with E-state index >= 15 is 0 Å². The molecule has 0 amide bonds. The normalized spacial score (nSPS) is 10.3. The Morgan fingerprint density at radius 2 is 1.92 bits per heavy atom. The van der Waals surface area contributed by atoms with Gasteiger partial charge in [0.2, 0.25) is 5.82 Å². The van der Waals surface area contributed by atoms with Crippen LogP contribution in [0.5, 0.6) is 5.75 Å². The summed E-state index contributed by atoms with van der Waals surface area (Å²) in [7, 11) is 0. The molecule has 2 rings (SSSR count). The first kappa shape index (κ1) is 18.0. The van der Waals surface area contributed by atoms with Crippen molar-refractivity contribution in [1.29, 1.82) is 0 Å². The maximum Gasteiger partial charge on any atom is 0.338 e. The third-order valence-corrected chi connectivity index (χ3v) is 3.38. The van der Waals surface area contributed by atoms with E-state index in [1.807, 2.05) is 0 Å². The molecule has 0 atom stereocenters. The van der Waals surface area contributed by atoms with Gasteiger partial charge in [0, 0.05) is 11.1 Å². The van der Waals surface area contributed by atoms with Gasteiger partial charge in [0.1, 0.15) is 19.0 Å². The molecule has 0 aliphatic carbocycles. The first-order valence-corrected chi connectivity index (χ1v) is 7.33. The number of halogens is 3. The molecule has 24 heavy (non-hydrogen) atoms. The number of hydrogen-bond acceptors (Lipinski definition) is 5. The molecule has 0 unspecified atom stereocenters. The molecule has 0 saturated carbocycles. The molecule has 0 saturated heterocycles. The minimum absolute atomic E-state index is 0.0164. The summed E-state index contributed by atoms with van der Waals surface area (Å²) < 4.78 is 23.7. The second-order valence-electron chi connectivity index (χ2n) is 4.48. The van der Waals surface area contributed by atoms with E-state index in [0.717, 1.165) is 18.2 Å². The van der Waals surface area contributed by atoms with Gasteiger partial charge in [0.15, 0.2) is 0 Å². The second-order valence-corrected chi connectivity index (χ2v) is 5.33. The van der Waals surface area contributed by atoms with Crippen LogP contribution in [0.15, 0.2) is 36.4 Å². The number of benzene rings is 2. The molecule has 2 aromatic carbocycles. The Labute approximate surface area is 145 Å². The zero-order valence-electron chi connectivity index (χ0n) is 12.0. The molecule has 0 fully saturated rings. The number of nitrogens with zero attached hydrogens (tertiary/aromatic N) is 1. The summed E-state index contributed by atoms with van der Waals surface area (Å²) in [5.41, 5.74) is -0.852. The third-order valence-electron chi connectivity index (χ3n) is 2.85. The van der Waals surface area contributed by atoms with Crippen molar-refractivity contribution in [3.05, 3.63) is 67.9 Å². The van der Waals surface area contributed by atoms with Crippen molar-refractivity contribution in [2.24, 2.45) is 0 Å². The van der Waals surface area contributed by atoms with Gasteiger partial charge >= 0.3 is 11.7 Å². The molecule has 0 spiro atoms. The summed E-state index contributed by atoms with van der Waals surface area (Å²) >= 11 is 11.7. The molecule has 0 aromatic heterocycles. The van der Waals surface area contributed by atoms with E-state index in [0.29, 0.717) is 15.8 Å². The Balaban J connectivity index is 1.87. The predicted molar refractivity (Wildman–Crippen MR) is 85.3 cm³/mol. The zero-order chi connectivity index (χ0) is 17.7. The fourth-order valence-electron chi connectivity index (χ4n) is 1.74. The Hall–Kier alpha value is -2.38. The maximum atomic E-state index is 13.4. The van der Waals surface area contributed by atoms with Crippen LogP contribution in [0.4, 0.5) is 10.1 Å². The first-order valence-electron chi connectivity index (χ1n) is 6.57. The lowest BCUT2D eigenvalue weighted by molar-refractivity contribution is -0.387. The van der Waals surface area contributed by atoms with Crippen LogP contribution in [-0.2, 0) is 4.74 Å². The Kier molecular flexibility index (Phi) is 5.94. The third kappa shape index (κ3) is 4.56. The average Bonchev–Trinajstić information content (AvgIpc) is 2.52. The Morgan fingerprint density at radius 3 is 2.54 bits per heavy atom. The van der Waals surface area contributed by atoms with Crippen LogP contribution < -0.4 is 4.74 Å². The summed E-state index contributed by atoms with van der Waals surface area (Å²) in [5.74, 6) is -1.56. The van der Waals surface area contributed by atoms with Gasteiger partial charge in [-0.05, 0) is 30.3 Å². The van der Waals surface area contributed by atoms with Crippen LogP contribution in [0.1, 0.15) is 10.4 Å². The van der Waals surface area contributed by atoms with E-state index in [2.05, 4.69) is 0 Å². The molecule has 0 radical (unpaired) electrons. The lowest BCUT2D eigenvalue weighted by Crippen LogP contribution is -2.13. The highest BCUT2D eigenvalue weighted by atomic mass is 35.5. The largest absolute Gasteiger partial charge is 0.488 e. The highest BCUT2D eigenvalue weighted by Gasteiger charge is 2.17. The van der Waals surface area contributed by atoms with E-state index < -0.39 is 22.4 Å². The van der Waals surface area contributed by atoms with Gasteiger partial charge in [-0.1, -0.05) is 23.2 Å². The molecular weight excluding hydrogens is 364 g/mol. The smallest absolute Gasteiger partial charge is 0.338 e. The van der Waals surface area contributed by atoms with Crippen molar-refractivity contribution in [1.82, 2.24) is 0 Å². The number of nitro groups is 1. The van der Waals surface area contributed by atoms with Crippen LogP contribution in [0, 0.1) is 15.9 Å². The minimum atomic E-state index is -1.11. The van der Waals surface area contributed by atoms with E-state index in [-0.39, 0.29) is 18.8 Å². The zero-order valence-corrected chi connectivity index (χ0v) is 13.5. The lowest BCUT2D eigenvalue weighted by Gasteiger charge is -2.09. The van der Waals surface area contributed by atoms with Crippen LogP contribution in [-0.4, -0.2) is 24.1 Å². The van der Waals surface area contributed by atoms with Gasteiger partial charge in [0.25, 0.3) is 0 Å². The number of hydrogen-bond donors (Lipinski definition) is 0. The van der Waals surface area contributed by atoms with Crippen molar-refractivity contribution in [2.75, 3.05) is 13.2 Å². The SMILES string of the molecule is O=C(OCCOc1ccc(Cl)cc1Cl)c1ccc([N+](=O)[O-])c(F)c1. The number of rotatable bonds is 6. The van der Waals surface area contributed by atoms with Crippen molar-refractivity contribution >= 4 is 34.9 Å². The van der Waals surface area contributed by atoms with Gasteiger partial charge in [-0.15, -0.1) is 0 Å². The monoisotopic (exact) mass is 373 g/mol. The number of esters is 1. The van der Waals surface area contributed by atoms with E-state index in [1.165, 1.54) is 6.07 Å². The van der Waals surface area contributed by atoms with Crippen LogP contribution >= 0.6 is 23.2 Å². The Bertz CT molecular complexity index is 784. The molecule has 2 aromatic rings. The van der Waals surface area contributed by atoms with E-state index in [9.17, 15) is 19.3 Å². The molecule has 0 aliphatic rings. The maximum absolute atomic E-state index is 13.4. The van der Waals surface area contributed by atoms with Gasteiger partial charge < -0.3 is 9.47 Å². The number of nitro benzene ring substituents is 1. The van der Waals surface area contributed by atoms with Crippen LogP contribution in [0.2, 0.25) is 10.0 Å². The molecule has 0 N–H and O–H groups in total. The Morgan fingerprint density at radius 1 is 1.17 bits per heavy atom. The first-order chi connectivity index (χ1) is 11.4. The average molecular weight is 374 g/mol. The molecule has 9 heteroatoms. The van der Waals surface area contributed by atoms with Gasteiger partial charge in [-0.3, -0.25) is 10.1 Å². The molecule has 0 heterocycles. The standard InChI is InChI=1S/C15H10Cl2FNO5/c16-10-2-4-14(11(17)8-10)23-5-6-24-15(20)9-1-3-13(19(21)22)12(18)7-9/h1-4,7-8H,5-6H2. The second kappa shape index (κ2) is 7.94. The summed E-state index contributed by atoms with van der Waals surface area (Å²) in [6, 6.07) is 7.42. The fourth-order valence-corrected chi connectivity index (χ4v) is 2.21. The van der Waals surface area contributed by atoms with Gasteiger partial charge in [-0.2, -0.15) is 4.39 Å². The van der Waals surface area contributed by atoms with Crippen molar-refractivity contribution < 1.29 is 23.6 Å². The lowest BCUT2D eigenvalue weighted by atomic mass is 10.2. The minimum Gasteiger partial charge on any atom is -0.488 e. The van der Waals surface area contributed by atoms with E-state index in [1.54, 1.807) is 12.1 Å². The molecule has 126 valence electrons. The highest BCUT2D eigenvalue weighted by molar-refractivity contribution is 6.35. The van der Waals surface area contributed by atoms with Crippen molar-refractivity contribution in [2.45, 2.75) is 0 Å². The summed E-state index contributed by atoms with van der Waals surface area (Å²) in [5, 5.41) is 11.3. The molecular formula is C15H10Cl2FNO5. The van der Waals surface area contributed by atoms with Crippen molar-refractivity contribution in [3.8, 4) is 5.75 Å². The van der Waals surface area contributed by atoms with Gasteiger partial charge in [0.05, 0.1) is 15.5 Å². The predicted octanol–water partition coefficient (Wildman–Crippen LogP) is 4.28. The number of carbonyl (C=O) groups excluding carboxylic acids is 1. The van der Waals surface area contributed by atoms with Crippen molar-refractivity contribution in [3.63, 3.8) is 0 Å². The van der Waals surface area contributed by atoms with Crippen LogP contribution in [0.3, 0.4) is 0 Å². The quantitative estimate of drug-likeness (QED) is 0.326. The molecule has 0 bridgehead atoms. The molecule has 0 aliphatic heterocycles. The molecule has 6 nitrogen and oxygen atoms in total. The summed E-state index contributed by atoms with van der Waals surface area (Å²) in [6.07, 6.45) is 0. The van der Waals surface area contributed by atoms with E-state index in [4.69, 9.17) is 32.7 Å². The number of ether oxygens (including phenoxy) is 2. The highest BCUT2D eigenvalue weighted by Crippen LogP contribution is 2.27.